The lowest BCUT2D eigenvalue weighted by atomic mass is 9.53. The third-order valence-corrected chi connectivity index (χ3v) is 6.32. The van der Waals surface area contributed by atoms with Crippen LogP contribution < -0.4 is 14.6 Å². The minimum Gasteiger partial charge on any atom is -0.485 e. The van der Waals surface area contributed by atoms with Gasteiger partial charge in [0, 0.05) is 28.9 Å². The molecule has 1 aromatic carbocycles. The Labute approximate surface area is 127 Å². The van der Waals surface area contributed by atoms with E-state index in [0.29, 0.717) is 17.9 Å². The van der Waals surface area contributed by atoms with Gasteiger partial charge in [-0.1, -0.05) is 25.1 Å². The predicted molar refractivity (Wildman–Crippen MR) is 84.8 cm³/mol. The van der Waals surface area contributed by atoms with Gasteiger partial charge in [-0.25, -0.2) is 0 Å². The lowest BCUT2D eigenvalue weighted by Crippen LogP contribution is -2.63. The lowest BCUT2D eigenvalue weighted by molar-refractivity contribution is 0.0306. The van der Waals surface area contributed by atoms with Gasteiger partial charge >= 0.3 is 0 Å². The van der Waals surface area contributed by atoms with Gasteiger partial charge in [0.05, 0.1) is 9.47 Å². The molecule has 1 N–H and O–H groups in total. The van der Waals surface area contributed by atoms with E-state index in [1.165, 1.54) is 11.1 Å². The fourth-order valence-corrected chi connectivity index (χ4v) is 5.51. The average molecular weight is 301 g/mol. The zero-order valence-electron chi connectivity index (χ0n) is 12.1. The van der Waals surface area contributed by atoms with Crippen LogP contribution in [0.4, 0.5) is 0 Å². The second kappa shape index (κ2) is 4.02. The number of hydrogen-bond acceptors (Lipinski definition) is 3. The van der Waals surface area contributed by atoms with Crippen LogP contribution in [-0.2, 0) is 11.8 Å². The van der Waals surface area contributed by atoms with Crippen molar-refractivity contribution in [1.82, 2.24) is 5.32 Å². The molecule has 2 bridgehead atoms. The Hall–Kier alpha value is -1.05. The first-order valence-electron chi connectivity index (χ1n) is 7.87. The van der Waals surface area contributed by atoms with Crippen LogP contribution in [0.1, 0.15) is 24.5 Å². The van der Waals surface area contributed by atoms with Gasteiger partial charge in [-0.2, -0.15) is 0 Å². The maximum absolute atomic E-state index is 6.50. The summed E-state index contributed by atoms with van der Waals surface area (Å²) in [5.41, 5.74) is 3.06. The van der Waals surface area contributed by atoms with Crippen LogP contribution in [0.5, 0.6) is 11.5 Å². The molecule has 1 saturated heterocycles. The summed E-state index contributed by atoms with van der Waals surface area (Å²) in [6, 6.07) is 4.85. The van der Waals surface area contributed by atoms with Crippen LogP contribution in [0, 0.1) is 11.8 Å². The van der Waals surface area contributed by atoms with Crippen molar-refractivity contribution in [3.8, 4) is 11.5 Å². The van der Waals surface area contributed by atoms with Crippen LogP contribution in [0.15, 0.2) is 24.3 Å². The van der Waals surface area contributed by atoms with E-state index in [2.05, 4.69) is 46.0 Å². The van der Waals surface area contributed by atoms with Crippen LogP contribution in [0.2, 0.25) is 0 Å². The SMILES string of the molecule is CC1C=CC2[C@H]3Cc4ccc(OP)c5c4[C@@]2(CCN3)[C@H]1O5. The number of benzene rings is 1. The first-order valence-corrected chi connectivity index (χ1v) is 8.34. The van der Waals surface area contributed by atoms with E-state index in [4.69, 9.17) is 9.26 Å². The molecule has 5 rings (SSSR count). The Morgan fingerprint density at radius 3 is 3.14 bits per heavy atom. The highest BCUT2D eigenvalue weighted by Crippen LogP contribution is 2.62. The lowest BCUT2D eigenvalue weighted by Gasteiger charge is -2.54. The van der Waals surface area contributed by atoms with Crippen molar-refractivity contribution < 1.29 is 9.26 Å². The minimum atomic E-state index is 0.159. The topological polar surface area (TPSA) is 30.5 Å². The zero-order valence-corrected chi connectivity index (χ0v) is 13.3. The smallest absolute Gasteiger partial charge is 0.166 e. The highest BCUT2D eigenvalue weighted by molar-refractivity contribution is 7.10. The van der Waals surface area contributed by atoms with Crippen molar-refractivity contribution in [2.24, 2.45) is 11.8 Å². The van der Waals surface area contributed by atoms with E-state index >= 15 is 0 Å². The second-order valence-corrected chi connectivity index (χ2v) is 7.14. The van der Waals surface area contributed by atoms with Crippen LogP contribution in [0.25, 0.3) is 0 Å². The summed E-state index contributed by atoms with van der Waals surface area (Å²) in [5.74, 6) is 2.88. The molecule has 0 radical (unpaired) electrons. The van der Waals surface area contributed by atoms with Crippen molar-refractivity contribution >= 4 is 9.47 Å². The summed E-state index contributed by atoms with van der Waals surface area (Å²) in [5, 5.41) is 3.73. The summed E-state index contributed by atoms with van der Waals surface area (Å²) in [7, 11) is 2.37. The van der Waals surface area contributed by atoms with Crippen LogP contribution in [-0.4, -0.2) is 18.7 Å². The van der Waals surface area contributed by atoms with Gasteiger partial charge in [-0.05, 0) is 31.0 Å². The maximum atomic E-state index is 6.50. The van der Waals surface area contributed by atoms with Gasteiger partial charge in [0.25, 0.3) is 0 Å². The molecule has 2 heterocycles. The van der Waals surface area contributed by atoms with Gasteiger partial charge < -0.3 is 14.6 Å². The molecule has 4 heteroatoms. The van der Waals surface area contributed by atoms with E-state index in [9.17, 15) is 0 Å². The number of ether oxygens (including phenoxy) is 1. The first-order chi connectivity index (χ1) is 10.3. The fraction of sp³-hybridized carbons (Fsp3) is 0.529. The summed E-state index contributed by atoms with van der Waals surface area (Å²) in [6.45, 7) is 3.37. The molecule has 1 spiro atoms. The van der Waals surface area contributed by atoms with E-state index in [1.807, 2.05) is 0 Å². The van der Waals surface area contributed by atoms with Crippen molar-refractivity contribution in [2.75, 3.05) is 6.54 Å². The molecule has 21 heavy (non-hydrogen) atoms. The highest BCUT2D eigenvalue weighted by atomic mass is 31.0. The Bertz CT molecular complexity index is 658. The molecule has 6 atom stereocenters. The third kappa shape index (κ3) is 1.33. The van der Waals surface area contributed by atoms with Crippen molar-refractivity contribution in [3.05, 3.63) is 35.4 Å². The number of hydrogen-bond donors (Lipinski definition) is 1. The minimum absolute atomic E-state index is 0.159. The molecule has 2 aliphatic carbocycles. The average Bonchev–Trinajstić information content (AvgIpc) is 2.83. The van der Waals surface area contributed by atoms with Crippen molar-refractivity contribution in [2.45, 2.75) is 37.3 Å². The molecular formula is C17H20NO2P. The van der Waals surface area contributed by atoms with E-state index in [0.717, 1.165) is 30.9 Å². The molecule has 0 aromatic heterocycles. The molecule has 2 aliphatic heterocycles. The summed E-state index contributed by atoms with van der Waals surface area (Å²) < 4.78 is 12.0. The zero-order chi connectivity index (χ0) is 14.2. The normalized spacial score (nSPS) is 41.4. The Morgan fingerprint density at radius 1 is 1.38 bits per heavy atom. The molecule has 3 nitrogen and oxygen atoms in total. The molecule has 3 unspecified atom stereocenters. The number of rotatable bonds is 1. The summed E-state index contributed by atoms with van der Waals surface area (Å²) in [4.78, 5) is 0. The standard InChI is InChI=1S/C17H20NO2P/c1-9-2-4-11-12-8-10-3-5-13(20-21)15-14(10)17(11,6-7-18-12)16(9)19-15/h2-5,9,11-12,16,18H,6-8,21H2,1H3/t9?,11?,12-,16+,17+/m1/s1. The first kappa shape index (κ1) is 12.5. The Balaban J connectivity index is 1.84. The van der Waals surface area contributed by atoms with Gasteiger partial charge in [-0.15, -0.1) is 0 Å². The van der Waals surface area contributed by atoms with Gasteiger partial charge in [-0.3, -0.25) is 0 Å². The fourth-order valence-electron chi connectivity index (χ4n) is 5.32. The summed E-state index contributed by atoms with van der Waals surface area (Å²) in [6.07, 6.45) is 7.32. The molecular weight excluding hydrogens is 281 g/mol. The number of piperidine rings is 1. The van der Waals surface area contributed by atoms with Crippen LogP contribution >= 0.6 is 9.47 Å². The van der Waals surface area contributed by atoms with Gasteiger partial charge in [0.15, 0.2) is 11.5 Å². The Morgan fingerprint density at radius 2 is 2.29 bits per heavy atom. The second-order valence-electron chi connectivity index (χ2n) is 6.91. The summed E-state index contributed by atoms with van der Waals surface area (Å²) >= 11 is 0. The van der Waals surface area contributed by atoms with Crippen molar-refractivity contribution in [3.63, 3.8) is 0 Å². The Kier molecular flexibility index (Phi) is 2.39. The molecule has 0 amide bonds. The predicted octanol–water partition coefficient (Wildman–Crippen LogP) is 2.59. The largest absolute Gasteiger partial charge is 0.485 e. The molecule has 110 valence electrons. The quantitative estimate of drug-likeness (QED) is 0.639. The monoisotopic (exact) mass is 301 g/mol. The number of nitrogens with one attached hydrogen (secondary N) is 1. The molecule has 1 aromatic rings. The molecule has 4 aliphatic rings. The maximum Gasteiger partial charge on any atom is 0.166 e. The van der Waals surface area contributed by atoms with Crippen LogP contribution in [0.3, 0.4) is 0 Å². The van der Waals surface area contributed by atoms with E-state index < -0.39 is 0 Å². The van der Waals surface area contributed by atoms with E-state index in [1.54, 1.807) is 0 Å². The van der Waals surface area contributed by atoms with Crippen molar-refractivity contribution in [1.29, 1.82) is 0 Å². The third-order valence-electron chi connectivity index (χ3n) is 6.07. The molecule has 0 saturated carbocycles. The van der Waals surface area contributed by atoms with E-state index in [-0.39, 0.29) is 11.5 Å². The van der Waals surface area contributed by atoms with Gasteiger partial charge in [0.1, 0.15) is 6.10 Å². The molecule has 1 fully saturated rings. The highest BCUT2D eigenvalue weighted by Gasteiger charge is 2.62. The van der Waals surface area contributed by atoms with Gasteiger partial charge in [0.2, 0.25) is 0 Å².